The molecule has 1 atom stereocenters. The van der Waals surface area contributed by atoms with E-state index in [-0.39, 0.29) is 27.2 Å². The highest BCUT2D eigenvalue weighted by Crippen LogP contribution is 2.29. The Morgan fingerprint density at radius 1 is 1.50 bits per heavy atom. The Morgan fingerprint density at radius 3 is 2.75 bits per heavy atom. The maximum absolute atomic E-state index is 12.2. The second kappa shape index (κ2) is 5.65. The van der Waals surface area contributed by atoms with Crippen molar-refractivity contribution < 1.29 is 13.3 Å². The van der Waals surface area contributed by atoms with Gasteiger partial charge in [-0.15, -0.1) is 0 Å². The van der Waals surface area contributed by atoms with Crippen LogP contribution in [0, 0.1) is 17.0 Å². The van der Waals surface area contributed by atoms with E-state index in [4.69, 9.17) is 11.6 Å². The van der Waals surface area contributed by atoms with Gasteiger partial charge in [-0.2, -0.15) is 0 Å². The molecule has 1 aliphatic rings. The molecule has 0 bridgehead atoms. The third-order valence-corrected chi connectivity index (χ3v) is 5.07. The topological polar surface area (TPSA) is 101 Å². The van der Waals surface area contributed by atoms with Gasteiger partial charge in [0.05, 0.1) is 14.8 Å². The van der Waals surface area contributed by atoms with Gasteiger partial charge in [0.25, 0.3) is 5.69 Å². The first-order valence-electron chi connectivity index (χ1n) is 5.99. The molecule has 0 unspecified atom stereocenters. The third-order valence-electron chi connectivity index (χ3n) is 3.18. The highest BCUT2D eigenvalue weighted by Gasteiger charge is 2.26. The number of nitro groups is 1. The molecule has 1 aromatic carbocycles. The lowest BCUT2D eigenvalue weighted by Crippen LogP contribution is -2.36. The number of benzene rings is 1. The minimum Gasteiger partial charge on any atom is -0.315 e. The number of nitrogens with zero attached hydrogens (tertiary/aromatic N) is 1. The average Bonchev–Trinajstić information content (AvgIpc) is 2.83. The summed E-state index contributed by atoms with van der Waals surface area (Å²) in [5.41, 5.74) is -0.0550. The molecule has 110 valence electrons. The maximum Gasteiger partial charge on any atom is 0.275 e. The summed E-state index contributed by atoms with van der Waals surface area (Å²) in [7, 11) is -3.82. The average molecular weight is 320 g/mol. The standard InChI is InChI=1S/C11H14ClN3O4S/c1-7-10(12)4-9(5-11(7)15(16)17)20(18,19)14-8-2-3-13-6-8/h4-5,8,13-14H,2-3,6H2,1H3/t8-/m1/s1. The van der Waals surface area contributed by atoms with E-state index in [1.54, 1.807) is 0 Å². The lowest BCUT2D eigenvalue weighted by Gasteiger charge is -2.12. The molecule has 0 radical (unpaired) electrons. The molecule has 0 aliphatic carbocycles. The Hall–Kier alpha value is -1.22. The monoisotopic (exact) mass is 319 g/mol. The summed E-state index contributed by atoms with van der Waals surface area (Å²) in [4.78, 5) is 10.1. The molecule has 9 heteroatoms. The molecule has 0 spiro atoms. The summed E-state index contributed by atoms with van der Waals surface area (Å²) in [5, 5.41) is 14.0. The summed E-state index contributed by atoms with van der Waals surface area (Å²) >= 11 is 5.88. The minimum atomic E-state index is -3.82. The Morgan fingerprint density at radius 2 is 2.20 bits per heavy atom. The van der Waals surface area contributed by atoms with Crippen LogP contribution in [0.25, 0.3) is 0 Å². The first-order chi connectivity index (χ1) is 9.31. The van der Waals surface area contributed by atoms with Gasteiger partial charge in [0, 0.05) is 24.2 Å². The Bertz CT molecular complexity index is 641. The smallest absolute Gasteiger partial charge is 0.275 e. The fraction of sp³-hybridized carbons (Fsp3) is 0.455. The van der Waals surface area contributed by atoms with Crippen LogP contribution < -0.4 is 10.0 Å². The van der Waals surface area contributed by atoms with Crippen molar-refractivity contribution in [2.45, 2.75) is 24.3 Å². The molecule has 1 aliphatic heterocycles. The molecule has 20 heavy (non-hydrogen) atoms. The van der Waals surface area contributed by atoms with Crippen molar-refractivity contribution in [3.8, 4) is 0 Å². The van der Waals surface area contributed by atoms with Crippen molar-refractivity contribution in [2.24, 2.45) is 0 Å². The first-order valence-corrected chi connectivity index (χ1v) is 7.85. The van der Waals surface area contributed by atoms with Crippen LogP contribution in [0.4, 0.5) is 5.69 Å². The number of halogens is 1. The lowest BCUT2D eigenvalue weighted by atomic mass is 10.2. The van der Waals surface area contributed by atoms with Gasteiger partial charge in [-0.25, -0.2) is 13.1 Å². The van der Waals surface area contributed by atoms with Gasteiger partial charge in [-0.05, 0) is 26.0 Å². The normalized spacial score (nSPS) is 19.2. The summed E-state index contributed by atoms with van der Waals surface area (Å²) in [6, 6.07) is 2.06. The van der Waals surface area contributed by atoms with Crippen LogP contribution >= 0.6 is 11.6 Å². The second-order valence-corrected chi connectivity index (χ2v) is 6.74. The van der Waals surface area contributed by atoms with Gasteiger partial charge in [0.15, 0.2) is 0 Å². The van der Waals surface area contributed by atoms with Gasteiger partial charge < -0.3 is 5.32 Å². The number of nitrogens with one attached hydrogen (secondary N) is 2. The van der Waals surface area contributed by atoms with Crippen molar-refractivity contribution in [1.82, 2.24) is 10.0 Å². The molecule has 0 saturated carbocycles. The number of nitro benzene ring substituents is 1. The second-order valence-electron chi connectivity index (χ2n) is 4.62. The molecule has 0 amide bonds. The van der Waals surface area contributed by atoms with E-state index in [1.807, 2.05) is 0 Å². The molecule has 2 rings (SSSR count). The van der Waals surface area contributed by atoms with Gasteiger partial charge in [-0.3, -0.25) is 10.1 Å². The minimum absolute atomic E-state index is 0.0594. The van der Waals surface area contributed by atoms with Crippen LogP contribution in [0.5, 0.6) is 0 Å². The van der Waals surface area contributed by atoms with Crippen LogP contribution in [-0.4, -0.2) is 32.5 Å². The molecule has 2 N–H and O–H groups in total. The molecule has 1 fully saturated rings. The summed E-state index contributed by atoms with van der Waals surface area (Å²) in [6.07, 6.45) is 0.681. The number of hydrogen-bond acceptors (Lipinski definition) is 5. The zero-order valence-corrected chi connectivity index (χ0v) is 12.3. The Labute approximate surface area is 121 Å². The fourth-order valence-corrected chi connectivity index (χ4v) is 3.62. The molecule has 1 heterocycles. The van der Waals surface area contributed by atoms with Gasteiger partial charge >= 0.3 is 0 Å². The highest BCUT2D eigenvalue weighted by molar-refractivity contribution is 7.89. The summed E-state index contributed by atoms with van der Waals surface area (Å²) in [5.74, 6) is 0. The SMILES string of the molecule is Cc1c(Cl)cc(S(=O)(=O)N[C@@H]2CCNC2)cc1[N+](=O)[O-]. The van der Waals surface area contributed by atoms with Crippen LogP contribution in [0.1, 0.15) is 12.0 Å². The zero-order chi connectivity index (χ0) is 14.9. The third kappa shape index (κ3) is 3.09. The first kappa shape index (κ1) is 15.2. The summed E-state index contributed by atoms with van der Waals surface area (Å²) < 4.78 is 26.9. The maximum atomic E-state index is 12.2. The van der Waals surface area contributed by atoms with Crippen LogP contribution in [0.3, 0.4) is 0 Å². The predicted octanol–water partition coefficient (Wildman–Crippen LogP) is 1.20. The fourth-order valence-electron chi connectivity index (χ4n) is 2.03. The predicted molar refractivity (Wildman–Crippen MR) is 74.4 cm³/mol. The molecular weight excluding hydrogens is 306 g/mol. The largest absolute Gasteiger partial charge is 0.315 e. The number of sulfonamides is 1. The molecule has 1 aromatic rings. The van der Waals surface area contributed by atoms with Crippen molar-refractivity contribution in [3.05, 3.63) is 32.8 Å². The van der Waals surface area contributed by atoms with E-state index < -0.39 is 14.9 Å². The van der Waals surface area contributed by atoms with Crippen molar-refractivity contribution in [3.63, 3.8) is 0 Å². The highest BCUT2D eigenvalue weighted by atomic mass is 35.5. The molecule has 7 nitrogen and oxygen atoms in total. The Balaban J connectivity index is 2.38. The lowest BCUT2D eigenvalue weighted by molar-refractivity contribution is -0.385. The zero-order valence-electron chi connectivity index (χ0n) is 10.7. The van der Waals surface area contributed by atoms with Crippen LogP contribution in [-0.2, 0) is 10.0 Å². The van der Waals surface area contributed by atoms with E-state index in [1.165, 1.54) is 13.0 Å². The Kier molecular flexibility index (Phi) is 4.28. The van der Waals surface area contributed by atoms with Gasteiger partial charge in [0.2, 0.25) is 10.0 Å². The quantitative estimate of drug-likeness (QED) is 0.641. The van der Waals surface area contributed by atoms with E-state index in [9.17, 15) is 18.5 Å². The van der Waals surface area contributed by atoms with E-state index in [0.29, 0.717) is 13.0 Å². The molecular formula is C11H14ClN3O4S. The van der Waals surface area contributed by atoms with Crippen molar-refractivity contribution in [2.75, 3.05) is 13.1 Å². The van der Waals surface area contributed by atoms with E-state index in [2.05, 4.69) is 10.0 Å². The van der Waals surface area contributed by atoms with E-state index >= 15 is 0 Å². The molecule has 1 saturated heterocycles. The number of rotatable bonds is 4. The number of hydrogen-bond donors (Lipinski definition) is 2. The van der Waals surface area contributed by atoms with Crippen LogP contribution in [0.2, 0.25) is 5.02 Å². The van der Waals surface area contributed by atoms with Crippen molar-refractivity contribution in [1.29, 1.82) is 0 Å². The van der Waals surface area contributed by atoms with E-state index in [0.717, 1.165) is 12.6 Å². The summed E-state index contributed by atoms with van der Waals surface area (Å²) in [6.45, 7) is 2.76. The van der Waals surface area contributed by atoms with Crippen molar-refractivity contribution >= 4 is 27.3 Å². The molecule has 0 aromatic heterocycles. The van der Waals surface area contributed by atoms with Crippen LogP contribution in [0.15, 0.2) is 17.0 Å². The van der Waals surface area contributed by atoms with Gasteiger partial charge in [-0.1, -0.05) is 11.6 Å². The van der Waals surface area contributed by atoms with Gasteiger partial charge in [0.1, 0.15) is 0 Å².